The Morgan fingerprint density at radius 2 is 1.95 bits per heavy atom. The molecule has 4 heteroatoms. The van der Waals surface area contributed by atoms with Gasteiger partial charge in [0.25, 0.3) is 0 Å². The van der Waals surface area contributed by atoms with Gasteiger partial charge in [-0.2, -0.15) is 0 Å². The van der Waals surface area contributed by atoms with Crippen LogP contribution in [0.1, 0.15) is 28.4 Å². The Morgan fingerprint density at radius 1 is 1.20 bits per heavy atom. The van der Waals surface area contributed by atoms with E-state index in [0.717, 1.165) is 35.3 Å². The molecule has 0 unspecified atom stereocenters. The van der Waals surface area contributed by atoms with E-state index in [0.29, 0.717) is 5.56 Å². The van der Waals surface area contributed by atoms with E-state index in [-0.39, 0.29) is 0 Å². The molecule has 20 heavy (non-hydrogen) atoms. The Bertz CT molecular complexity index is 772. The van der Waals surface area contributed by atoms with Crippen LogP contribution in [0.4, 0.5) is 0 Å². The Hall–Kier alpha value is -2.49. The van der Waals surface area contributed by atoms with Gasteiger partial charge < -0.3 is 0 Å². The molecule has 0 aliphatic heterocycles. The molecule has 0 amide bonds. The summed E-state index contributed by atoms with van der Waals surface area (Å²) in [5, 5.41) is 8.41. The van der Waals surface area contributed by atoms with E-state index in [1.165, 1.54) is 5.56 Å². The fourth-order valence-electron chi connectivity index (χ4n) is 2.26. The lowest BCUT2D eigenvalue weighted by molar-refractivity contribution is 0.112. The lowest BCUT2D eigenvalue weighted by Crippen LogP contribution is -1.95. The first-order chi connectivity index (χ1) is 9.72. The Balaban J connectivity index is 2.17. The van der Waals surface area contributed by atoms with Crippen molar-refractivity contribution in [3.05, 3.63) is 53.2 Å². The minimum Gasteiger partial charge on any atom is -0.298 e. The first kappa shape index (κ1) is 12.5. The molecule has 100 valence electrons. The largest absolute Gasteiger partial charge is 0.298 e. The fraction of sp³-hybridized carbons (Fsp3) is 0.188. The van der Waals surface area contributed by atoms with Gasteiger partial charge in [0.05, 0.1) is 0 Å². The van der Waals surface area contributed by atoms with Crippen molar-refractivity contribution in [3.63, 3.8) is 0 Å². The molecule has 0 saturated heterocycles. The number of hydrogen-bond donors (Lipinski definition) is 0. The summed E-state index contributed by atoms with van der Waals surface area (Å²) in [4.78, 5) is 11.1. The van der Waals surface area contributed by atoms with Crippen LogP contribution in [0.5, 0.6) is 0 Å². The van der Waals surface area contributed by atoms with Crippen molar-refractivity contribution in [2.45, 2.75) is 20.3 Å². The second-order valence-electron chi connectivity index (χ2n) is 4.83. The Kier molecular flexibility index (Phi) is 3.06. The highest BCUT2D eigenvalue weighted by atomic mass is 16.1. The van der Waals surface area contributed by atoms with E-state index >= 15 is 0 Å². The van der Waals surface area contributed by atoms with Crippen molar-refractivity contribution >= 4 is 11.9 Å². The molecule has 0 aliphatic rings. The highest BCUT2D eigenvalue weighted by molar-refractivity contribution is 5.78. The van der Waals surface area contributed by atoms with Gasteiger partial charge in [-0.05, 0) is 30.5 Å². The maximum Gasteiger partial charge on any atom is 0.168 e. The van der Waals surface area contributed by atoms with Crippen LogP contribution >= 0.6 is 0 Å². The average Bonchev–Trinajstić information content (AvgIpc) is 2.89. The standard InChI is InChI=1S/C16H15N3O/c1-3-12-4-6-13(7-5-12)16-18-17-15-8-11(2)14(10-20)9-19(15)16/h4-10H,3H2,1-2H3. The van der Waals surface area contributed by atoms with Crippen LogP contribution in [-0.2, 0) is 6.42 Å². The number of hydrogen-bond acceptors (Lipinski definition) is 3. The SMILES string of the molecule is CCc1ccc(-c2nnc3cc(C)c(C=O)cn23)cc1. The van der Waals surface area contributed by atoms with E-state index in [4.69, 9.17) is 0 Å². The molecule has 3 aromatic rings. The third kappa shape index (κ3) is 1.99. The van der Waals surface area contributed by atoms with Crippen molar-refractivity contribution in [1.29, 1.82) is 0 Å². The highest BCUT2D eigenvalue weighted by Crippen LogP contribution is 2.20. The molecule has 0 fully saturated rings. The fourth-order valence-corrected chi connectivity index (χ4v) is 2.26. The summed E-state index contributed by atoms with van der Waals surface area (Å²) in [7, 11) is 0. The van der Waals surface area contributed by atoms with Gasteiger partial charge in [0.1, 0.15) is 0 Å². The highest BCUT2D eigenvalue weighted by Gasteiger charge is 2.10. The number of benzene rings is 1. The molecule has 0 atom stereocenters. The second-order valence-corrected chi connectivity index (χ2v) is 4.83. The zero-order valence-electron chi connectivity index (χ0n) is 11.5. The minimum absolute atomic E-state index is 0.656. The molecule has 0 radical (unpaired) electrons. The summed E-state index contributed by atoms with van der Waals surface area (Å²) in [6.07, 6.45) is 3.66. The third-order valence-electron chi connectivity index (χ3n) is 3.54. The molecular formula is C16H15N3O. The van der Waals surface area contributed by atoms with Gasteiger partial charge in [-0.3, -0.25) is 9.20 Å². The number of nitrogens with zero attached hydrogens (tertiary/aromatic N) is 3. The lowest BCUT2D eigenvalue weighted by atomic mass is 10.1. The van der Waals surface area contributed by atoms with Gasteiger partial charge in [0.2, 0.25) is 0 Å². The van der Waals surface area contributed by atoms with Crippen molar-refractivity contribution in [3.8, 4) is 11.4 Å². The molecule has 4 nitrogen and oxygen atoms in total. The van der Waals surface area contributed by atoms with E-state index < -0.39 is 0 Å². The van der Waals surface area contributed by atoms with Crippen molar-refractivity contribution in [2.75, 3.05) is 0 Å². The van der Waals surface area contributed by atoms with Gasteiger partial charge >= 0.3 is 0 Å². The number of pyridine rings is 1. The van der Waals surface area contributed by atoms with Crippen LogP contribution in [0.25, 0.3) is 17.0 Å². The predicted octanol–water partition coefficient (Wildman–Crippen LogP) is 3.08. The molecule has 0 N–H and O–H groups in total. The van der Waals surface area contributed by atoms with Crippen molar-refractivity contribution < 1.29 is 4.79 Å². The second kappa shape index (κ2) is 4.89. The normalized spacial score (nSPS) is 10.9. The quantitative estimate of drug-likeness (QED) is 0.684. The van der Waals surface area contributed by atoms with Crippen LogP contribution in [-0.4, -0.2) is 20.9 Å². The zero-order valence-corrected chi connectivity index (χ0v) is 11.5. The predicted molar refractivity (Wildman–Crippen MR) is 77.9 cm³/mol. The number of fused-ring (bicyclic) bond motifs is 1. The lowest BCUT2D eigenvalue weighted by Gasteiger charge is -2.04. The summed E-state index contributed by atoms with van der Waals surface area (Å²) in [5.41, 5.74) is 4.60. The molecule has 2 heterocycles. The number of aromatic nitrogens is 3. The van der Waals surface area contributed by atoms with Gasteiger partial charge in [-0.25, -0.2) is 0 Å². The maximum atomic E-state index is 11.1. The maximum absolute atomic E-state index is 11.1. The number of aryl methyl sites for hydroxylation is 2. The van der Waals surface area contributed by atoms with Gasteiger partial charge in [0.15, 0.2) is 17.8 Å². The van der Waals surface area contributed by atoms with Crippen LogP contribution in [0.2, 0.25) is 0 Å². The van der Waals surface area contributed by atoms with E-state index in [1.807, 2.05) is 29.5 Å². The number of carbonyl (C=O) groups excluding carboxylic acids is 1. The zero-order chi connectivity index (χ0) is 14.1. The summed E-state index contributed by atoms with van der Waals surface area (Å²) in [6.45, 7) is 4.02. The summed E-state index contributed by atoms with van der Waals surface area (Å²) >= 11 is 0. The monoisotopic (exact) mass is 265 g/mol. The molecule has 0 aliphatic carbocycles. The van der Waals surface area contributed by atoms with Crippen LogP contribution in [0.15, 0.2) is 36.5 Å². The molecule has 2 aromatic heterocycles. The topological polar surface area (TPSA) is 47.3 Å². The first-order valence-electron chi connectivity index (χ1n) is 6.63. The number of aldehydes is 1. The average molecular weight is 265 g/mol. The first-order valence-corrected chi connectivity index (χ1v) is 6.63. The number of rotatable bonds is 3. The van der Waals surface area contributed by atoms with E-state index in [2.05, 4.69) is 29.3 Å². The van der Waals surface area contributed by atoms with Gasteiger partial charge in [-0.1, -0.05) is 31.2 Å². The molecule has 0 spiro atoms. The van der Waals surface area contributed by atoms with E-state index in [9.17, 15) is 4.79 Å². The van der Waals surface area contributed by atoms with Crippen LogP contribution in [0.3, 0.4) is 0 Å². The van der Waals surface area contributed by atoms with Gasteiger partial charge in [-0.15, -0.1) is 10.2 Å². The molecule has 0 bridgehead atoms. The molecule has 3 rings (SSSR count). The summed E-state index contributed by atoms with van der Waals surface area (Å²) < 4.78 is 1.86. The minimum atomic E-state index is 0.656. The molecular weight excluding hydrogens is 250 g/mol. The van der Waals surface area contributed by atoms with Crippen LogP contribution < -0.4 is 0 Å². The Labute approximate surface area is 117 Å². The summed E-state index contributed by atoms with van der Waals surface area (Å²) in [5.74, 6) is 0.755. The van der Waals surface area contributed by atoms with Crippen molar-refractivity contribution in [1.82, 2.24) is 14.6 Å². The van der Waals surface area contributed by atoms with Gasteiger partial charge in [0, 0.05) is 17.3 Å². The molecule has 0 saturated carbocycles. The molecule has 1 aromatic carbocycles. The van der Waals surface area contributed by atoms with Crippen molar-refractivity contribution in [2.24, 2.45) is 0 Å². The third-order valence-corrected chi connectivity index (χ3v) is 3.54. The van der Waals surface area contributed by atoms with Crippen LogP contribution in [0, 0.1) is 6.92 Å². The van der Waals surface area contributed by atoms with E-state index in [1.54, 1.807) is 6.20 Å². The smallest absolute Gasteiger partial charge is 0.168 e. The summed E-state index contributed by atoms with van der Waals surface area (Å²) in [6, 6.07) is 10.1. The Morgan fingerprint density at radius 3 is 2.60 bits per heavy atom. The number of carbonyl (C=O) groups is 1.